The van der Waals surface area contributed by atoms with Gasteiger partial charge in [-0.2, -0.15) is 0 Å². The highest BCUT2D eigenvalue weighted by atomic mass is 16.5. The van der Waals surface area contributed by atoms with Crippen molar-refractivity contribution in [2.75, 3.05) is 19.7 Å². The number of aromatic nitrogens is 4. The Kier molecular flexibility index (Phi) is 7.09. The third kappa shape index (κ3) is 5.47. The standard InChI is InChI=1S/C32H33N5O5/c1-20-33-27-7-5-21(15-29(27)42-20)19-41-31-4-2-3-25(35-31)22-9-12-36(13-10-22)18-30-34-26-8-6-23(32(38)39)16-28(26)37(30)17-24-11-14-40-24/h2-8,15-16,22,24H,9-14,17-19H2,1H3,(H,38,39). The van der Waals surface area contributed by atoms with Crippen LogP contribution < -0.4 is 4.74 Å². The maximum atomic E-state index is 11.6. The number of likely N-dealkylation sites (tertiary alicyclic amines) is 1. The molecule has 2 fully saturated rings. The summed E-state index contributed by atoms with van der Waals surface area (Å²) in [6, 6.07) is 17.1. The van der Waals surface area contributed by atoms with E-state index in [1.54, 1.807) is 18.2 Å². The second-order valence-electron chi connectivity index (χ2n) is 11.2. The van der Waals surface area contributed by atoms with Crippen LogP contribution in [-0.4, -0.2) is 61.3 Å². The highest BCUT2D eigenvalue weighted by molar-refractivity contribution is 5.92. The fraction of sp³-hybridized carbons (Fsp3) is 0.375. The Morgan fingerprint density at radius 2 is 1.86 bits per heavy atom. The van der Waals surface area contributed by atoms with E-state index in [0.717, 1.165) is 78.2 Å². The summed E-state index contributed by atoms with van der Waals surface area (Å²) in [7, 11) is 0. The highest BCUT2D eigenvalue weighted by Crippen LogP contribution is 2.30. The molecule has 1 unspecified atom stereocenters. The number of rotatable bonds is 9. The minimum atomic E-state index is -0.931. The van der Waals surface area contributed by atoms with Gasteiger partial charge in [0.15, 0.2) is 11.5 Å². The van der Waals surface area contributed by atoms with Gasteiger partial charge in [-0.1, -0.05) is 12.1 Å². The molecule has 2 aliphatic heterocycles. The molecular formula is C32H33N5O5. The lowest BCUT2D eigenvalue weighted by molar-refractivity contribution is -0.0592. The van der Waals surface area contributed by atoms with Gasteiger partial charge in [-0.3, -0.25) is 4.90 Å². The number of fused-ring (bicyclic) bond motifs is 2. The van der Waals surface area contributed by atoms with Crippen molar-refractivity contribution in [1.29, 1.82) is 0 Å². The molecule has 7 rings (SSSR count). The molecule has 10 heteroatoms. The van der Waals surface area contributed by atoms with Crippen LogP contribution in [-0.2, 0) is 24.4 Å². The quantitative estimate of drug-likeness (QED) is 0.252. The summed E-state index contributed by atoms with van der Waals surface area (Å²) in [6.07, 6.45) is 3.14. The number of piperidine rings is 1. The molecule has 0 bridgehead atoms. The van der Waals surface area contributed by atoms with Crippen molar-refractivity contribution in [3.63, 3.8) is 0 Å². The molecule has 0 saturated carbocycles. The van der Waals surface area contributed by atoms with Crippen LogP contribution >= 0.6 is 0 Å². The summed E-state index contributed by atoms with van der Waals surface area (Å²) >= 11 is 0. The first kappa shape index (κ1) is 26.6. The van der Waals surface area contributed by atoms with Gasteiger partial charge in [0, 0.05) is 31.2 Å². The monoisotopic (exact) mass is 567 g/mol. The second kappa shape index (κ2) is 11.2. The molecule has 2 aliphatic rings. The van der Waals surface area contributed by atoms with Crippen molar-refractivity contribution >= 4 is 28.1 Å². The molecule has 42 heavy (non-hydrogen) atoms. The smallest absolute Gasteiger partial charge is 0.335 e. The summed E-state index contributed by atoms with van der Waals surface area (Å²) in [4.78, 5) is 28.1. The number of carbonyl (C=O) groups is 1. The molecule has 216 valence electrons. The molecule has 2 aromatic carbocycles. The van der Waals surface area contributed by atoms with E-state index in [-0.39, 0.29) is 11.7 Å². The predicted octanol–water partition coefficient (Wildman–Crippen LogP) is 5.33. The van der Waals surface area contributed by atoms with Crippen LogP contribution in [0, 0.1) is 6.92 Å². The molecule has 0 amide bonds. The number of aromatic carboxylic acids is 1. The molecule has 0 radical (unpaired) electrons. The summed E-state index contributed by atoms with van der Waals surface area (Å²) < 4.78 is 19.6. The number of hydrogen-bond acceptors (Lipinski definition) is 8. The van der Waals surface area contributed by atoms with Gasteiger partial charge in [0.2, 0.25) is 5.88 Å². The summed E-state index contributed by atoms with van der Waals surface area (Å²) in [6.45, 7) is 6.28. The topological polar surface area (TPSA) is 116 Å². The van der Waals surface area contributed by atoms with E-state index < -0.39 is 5.97 Å². The summed E-state index contributed by atoms with van der Waals surface area (Å²) in [5.74, 6) is 1.66. The van der Waals surface area contributed by atoms with E-state index in [0.29, 0.717) is 37.4 Å². The van der Waals surface area contributed by atoms with Gasteiger partial charge in [0.1, 0.15) is 17.9 Å². The van der Waals surface area contributed by atoms with Crippen molar-refractivity contribution < 1.29 is 23.8 Å². The minimum Gasteiger partial charge on any atom is -0.478 e. The zero-order valence-electron chi connectivity index (χ0n) is 23.5. The van der Waals surface area contributed by atoms with Gasteiger partial charge >= 0.3 is 5.97 Å². The molecule has 1 N–H and O–H groups in total. The second-order valence-corrected chi connectivity index (χ2v) is 11.2. The predicted molar refractivity (Wildman–Crippen MR) is 156 cm³/mol. The number of aryl methyl sites for hydroxylation is 1. The van der Waals surface area contributed by atoms with Crippen molar-refractivity contribution in [2.45, 2.75) is 57.9 Å². The van der Waals surface area contributed by atoms with Crippen molar-refractivity contribution in [3.8, 4) is 5.88 Å². The molecule has 5 aromatic rings. The number of nitrogens with zero attached hydrogens (tertiary/aromatic N) is 5. The third-order valence-electron chi connectivity index (χ3n) is 8.32. The van der Waals surface area contributed by atoms with E-state index in [9.17, 15) is 9.90 Å². The summed E-state index contributed by atoms with van der Waals surface area (Å²) in [5.41, 5.74) is 5.62. The van der Waals surface area contributed by atoms with Crippen molar-refractivity contribution in [1.82, 2.24) is 24.4 Å². The normalized spacial score (nSPS) is 18.0. The Hall–Kier alpha value is -4.28. The van der Waals surface area contributed by atoms with Gasteiger partial charge in [0.05, 0.1) is 35.8 Å². The minimum absolute atomic E-state index is 0.148. The number of hydrogen-bond donors (Lipinski definition) is 1. The van der Waals surface area contributed by atoms with Crippen LogP contribution in [0.5, 0.6) is 5.88 Å². The Bertz CT molecular complexity index is 1750. The fourth-order valence-corrected chi connectivity index (χ4v) is 5.92. The molecule has 10 nitrogen and oxygen atoms in total. The van der Waals surface area contributed by atoms with Crippen LogP contribution in [0.25, 0.3) is 22.1 Å². The average Bonchev–Trinajstić information content (AvgIpc) is 3.52. The Morgan fingerprint density at radius 3 is 2.64 bits per heavy atom. The maximum absolute atomic E-state index is 11.6. The number of ether oxygens (including phenoxy) is 2. The summed E-state index contributed by atoms with van der Waals surface area (Å²) in [5, 5.41) is 9.51. The molecule has 0 aliphatic carbocycles. The van der Waals surface area contributed by atoms with Gasteiger partial charge in [-0.05, 0) is 74.3 Å². The maximum Gasteiger partial charge on any atom is 0.335 e. The molecular weight excluding hydrogens is 534 g/mol. The van der Waals surface area contributed by atoms with Crippen LogP contribution in [0.1, 0.15) is 58.5 Å². The lowest BCUT2D eigenvalue weighted by Crippen LogP contribution is -2.35. The van der Waals surface area contributed by atoms with E-state index in [4.69, 9.17) is 23.9 Å². The fourth-order valence-electron chi connectivity index (χ4n) is 5.92. The molecule has 2 saturated heterocycles. The molecule has 0 spiro atoms. The van der Waals surface area contributed by atoms with Crippen LogP contribution in [0.4, 0.5) is 0 Å². The van der Waals surface area contributed by atoms with Gasteiger partial charge in [-0.15, -0.1) is 0 Å². The number of carboxylic acid groups (broad SMARTS) is 1. The van der Waals surface area contributed by atoms with Crippen molar-refractivity contribution in [3.05, 3.63) is 83.1 Å². The SMILES string of the molecule is Cc1nc2ccc(COc3cccc(C4CCN(Cc5nc6ccc(C(=O)O)cc6n5CC5CCO5)CC4)n3)cc2o1. The lowest BCUT2D eigenvalue weighted by Gasteiger charge is -2.32. The Balaban J connectivity index is 0.999. The lowest BCUT2D eigenvalue weighted by atomic mass is 9.93. The Morgan fingerprint density at radius 1 is 1.02 bits per heavy atom. The number of oxazole rings is 1. The average molecular weight is 568 g/mol. The number of pyridine rings is 1. The van der Waals surface area contributed by atoms with Gasteiger partial charge in [-0.25, -0.2) is 19.7 Å². The molecule has 5 heterocycles. The number of carboxylic acids is 1. The van der Waals surface area contributed by atoms with E-state index in [1.807, 2.05) is 37.3 Å². The number of imidazole rings is 1. The van der Waals surface area contributed by atoms with E-state index >= 15 is 0 Å². The molecule has 3 aromatic heterocycles. The van der Waals surface area contributed by atoms with E-state index in [2.05, 4.69) is 20.5 Å². The first-order valence-corrected chi connectivity index (χ1v) is 14.5. The van der Waals surface area contributed by atoms with E-state index in [1.165, 1.54) is 0 Å². The van der Waals surface area contributed by atoms with Gasteiger partial charge in [0.25, 0.3) is 0 Å². The third-order valence-corrected chi connectivity index (χ3v) is 8.32. The number of benzene rings is 2. The zero-order valence-corrected chi connectivity index (χ0v) is 23.5. The highest BCUT2D eigenvalue weighted by Gasteiger charge is 2.26. The van der Waals surface area contributed by atoms with Crippen LogP contribution in [0.2, 0.25) is 0 Å². The Labute approximate surface area is 242 Å². The molecule has 1 atom stereocenters. The van der Waals surface area contributed by atoms with Crippen LogP contribution in [0.15, 0.2) is 59.0 Å². The van der Waals surface area contributed by atoms with Crippen LogP contribution in [0.3, 0.4) is 0 Å². The van der Waals surface area contributed by atoms with Gasteiger partial charge < -0.3 is 23.6 Å². The first-order valence-electron chi connectivity index (χ1n) is 14.5. The largest absolute Gasteiger partial charge is 0.478 e. The van der Waals surface area contributed by atoms with Crippen molar-refractivity contribution in [2.24, 2.45) is 0 Å². The first-order chi connectivity index (χ1) is 20.5. The zero-order chi connectivity index (χ0) is 28.6.